The van der Waals surface area contributed by atoms with Gasteiger partial charge in [0.2, 0.25) is 0 Å². The minimum atomic E-state index is -0.443. The Morgan fingerprint density at radius 2 is 0.915 bits per heavy atom. The molecule has 2 heteroatoms. The number of hydrogen-bond acceptors (Lipinski definition) is 2. The molecular weight excluding hydrogens is 731 g/mol. The number of nitrogens with zero attached hydrogens (tertiary/aromatic N) is 1. The Balaban J connectivity index is 1.14. The van der Waals surface area contributed by atoms with Gasteiger partial charge in [0.15, 0.2) is 0 Å². The second-order valence-electron chi connectivity index (χ2n) is 15.9. The third kappa shape index (κ3) is 4.44. The molecule has 0 N–H and O–H groups in total. The molecule has 0 aliphatic heterocycles. The van der Waals surface area contributed by atoms with Gasteiger partial charge in [-0.25, -0.2) is 0 Å². The van der Waals surface area contributed by atoms with Crippen LogP contribution in [0.3, 0.4) is 0 Å². The molecule has 0 bridgehead atoms. The van der Waals surface area contributed by atoms with Crippen LogP contribution in [-0.4, -0.2) is 0 Å². The molecule has 0 fully saturated rings. The molecule has 0 radical (unpaired) electrons. The molecule has 10 aromatic carbocycles. The highest BCUT2D eigenvalue weighted by Gasteiger charge is 2.51. The fourth-order valence-electron chi connectivity index (χ4n) is 10.8. The van der Waals surface area contributed by atoms with Gasteiger partial charge in [-0.2, -0.15) is 0 Å². The summed E-state index contributed by atoms with van der Waals surface area (Å²) in [5.41, 5.74) is 16.1. The summed E-state index contributed by atoms with van der Waals surface area (Å²) in [6.45, 7) is 0. The normalized spacial score (nSPS) is 13.2. The predicted molar refractivity (Wildman–Crippen MR) is 251 cm³/mol. The van der Waals surface area contributed by atoms with Gasteiger partial charge in [-0.15, -0.1) is 11.3 Å². The van der Waals surface area contributed by atoms with E-state index < -0.39 is 5.41 Å². The van der Waals surface area contributed by atoms with Crippen molar-refractivity contribution in [3.8, 4) is 33.4 Å². The average molecular weight is 766 g/mol. The summed E-state index contributed by atoms with van der Waals surface area (Å²) in [5, 5.41) is 7.55. The van der Waals surface area contributed by atoms with Crippen LogP contribution in [-0.2, 0) is 5.41 Å². The first-order chi connectivity index (χ1) is 29.3. The summed E-state index contributed by atoms with van der Waals surface area (Å²) >= 11 is 1.87. The highest BCUT2D eigenvalue weighted by molar-refractivity contribution is 7.26. The van der Waals surface area contributed by atoms with E-state index in [1.807, 2.05) is 11.3 Å². The first-order valence-electron chi connectivity index (χ1n) is 20.4. The van der Waals surface area contributed by atoms with Gasteiger partial charge in [-0.1, -0.05) is 176 Å². The van der Waals surface area contributed by atoms with E-state index in [1.54, 1.807) is 0 Å². The number of rotatable bonds is 4. The molecule has 0 unspecified atom stereocenters. The van der Waals surface area contributed by atoms with Crippen molar-refractivity contribution in [1.82, 2.24) is 0 Å². The summed E-state index contributed by atoms with van der Waals surface area (Å²) < 4.78 is 2.59. The summed E-state index contributed by atoms with van der Waals surface area (Å²) in [6.07, 6.45) is 0. The van der Waals surface area contributed by atoms with Crippen molar-refractivity contribution in [2.45, 2.75) is 5.41 Å². The Kier molecular flexibility index (Phi) is 6.87. The van der Waals surface area contributed by atoms with Gasteiger partial charge < -0.3 is 4.90 Å². The minimum Gasteiger partial charge on any atom is -0.309 e. The molecule has 13 rings (SSSR count). The van der Waals surface area contributed by atoms with E-state index in [9.17, 15) is 0 Å². The monoisotopic (exact) mass is 765 g/mol. The van der Waals surface area contributed by atoms with Crippen molar-refractivity contribution in [2.24, 2.45) is 0 Å². The topological polar surface area (TPSA) is 3.24 Å². The van der Waals surface area contributed by atoms with Gasteiger partial charge >= 0.3 is 0 Å². The molecule has 0 saturated heterocycles. The molecule has 0 atom stereocenters. The molecule has 59 heavy (non-hydrogen) atoms. The van der Waals surface area contributed by atoms with E-state index in [1.165, 1.54) is 103 Å². The van der Waals surface area contributed by atoms with E-state index in [4.69, 9.17) is 0 Å². The van der Waals surface area contributed by atoms with Crippen LogP contribution in [0.1, 0.15) is 22.3 Å². The maximum absolute atomic E-state index is 2.56. The van der Waals surface area contributed by atoms with Crippen LogP contribution in [0.2, 0.25) is 0 Å². The Morgan fingerprint density at radius 1 is 0.339 bits per heavy atom. The van der Waals surface area contributed by atoms with E-state index in [0.717, 1.165) is 11.4 Å². The van der Waals surface area contributed by atoms with Crippen LogP contribution in [0.4, 0.5) is 17.1 Å². The number of hydrogen-bond donors (Lipinski definition) is 0. The maximum Gasteiger partial charge on any atom is 0.0726 e. The van der Waals surface area contributed by atoms with Gasteiger partial charge in [-0.05, 0) is 108 Å². The molecule has 1 aromatic heterocycles. The molecule has 0 amide bonds. The lowest BCUT2D eigenvalue weighted by atomic mass is 9.70. The number of anilines is 3. The second kappa shape index (κ2) is 12.4. The average Bonchev–Trinajstić information content (AvgIpc) is 3.94. The zero-order valence-corrected chi connectivity index (χ0v) is 32.9. The summed E-state index contributed by atoms with van der Waals surface area (Å²) in [6, 6.07) is 79.4. The van der Waals surface area contributed by atoms with Crippen molar-refractivity contribution < 1.29 is 0 Å². The SMILES string of the molecule is c1ccc(-c2cccc3ccc4c(N(c5ccc6c(c5)C5(c7ccccc7-c7ccccc75)c5ccccc5-6)c5cccc6sc7ccccc7c56)cccc4c23)cc1. The number of benzene rings is 10. The zero-order valence-electron chi connectivity index (χ0n) is 32.1. The van der Waals surface area contributed by atoms with Crippen LogP contribution in [0.25, 0.3) is 75.1 Å². The Bertz CT molecular complexity index is 3460. The van der Waals surface area contributed by atoms with Gasteiger partial charge in [0.1, 0.15) is 0 Å². The molecule has 1 spiro atoms. The van der Waals surface area contributed by atoms with Crippen LogP contribution in [0.5, 0.6) is 0 Å². The third-order valence-electron chi connectivity index (χ3n) is 13.1. The Hall–Kier alpha value is -7.26. The van der Waals surface area contributed by atoms with E-state index in [-0.39, 0.29) is 0 Å². The first-order valence-corrected chi connectivity index (χ1v) is 21.2. The molecule has 1 heterocycles. The van der Waals surface area contributed by atoms with E-state index in [2.05, 4.69) is 217 Å². The molecule has 1 nitrogen and oxygen atoms in total. The second-order valence-corrected chi connectivity index (χ2v) is 17.0. The largest absolute Gasteiger partial charge is 0.309 e. The van der Waals surface area contributed by atoms with E-state index >= 15 is 0 Å². The lowest BCUT2D eigenvalue weighted by molar-refractivity contribution is 0.793. The molecule has 2 aliphatic rings. The third-order valence-corrected chi connectivity index (χ3v) is 14.2. The van der Waals surface area contributed by atoms with Crippen molar-refractivity contribution >= 4 is 70.1 Å². The summed E-state index contributed by atoms with van der Waals surface area (Å²) in [7, 11) is 0. The van der Waals surface area contributed by atoms with Crippen molar-refractivity contribution in [1.29, 1.82) is 0 Å². The summed E-state index contributed by atoms with van der Waals surface area (Å²) in [5.74, 6) is 0. The predicted octanol–water partition coefficient (Wildman–Crippen LogP) is 15.8. The lowest BCUT2D eigenvalue weighted by Crippen LogP contribution is -2.26. The smallest absolute Gasteiger partial charge is 0.0726 e. The highest BCUT2D eigenvalue weighted by atomic mass is 32.1. The van der Waals surface area contributed by atoms with Crippen molar-refractivity contribution in [2.75, 3.05) is 4.90 Å². The minimum absolute atomic E-state index is 0.443. The standard InChI is InChI=1S/C57H35NS/c1-2-15-36(16-3-1)39-22-12-17-37-31-33-44-45(55(37)39)23-13-27-51(44)58(52-28-14-30-54-56(52)46-21-7-11-29-53(46)59-54)38-32-34-43-42-20-6-10-26-49(42)57(50(43)35-38)47-24-8-4-18-40(47)41-19-5-9-25-48(41)57/h1-35H. The van der Waals surface area contributed by atoms with Crippen LogP contribution in [0, 0.1) is 0 Å². The Morgan fingerprint density at radius 3 is 1.68 bits per heavy atom. The van der Waals surface area contributed by atoms with Gasteiger partial charge in [0, 0.05) is 31.2 Å². The molecule has 274 valence electrons. The molecule has 11 aromatic rings. The molecule has 0 saturated carbocycles. The first kappa shape index (κ1) is 32.8. The van der Waals surface area contributed by atoms with Gasteiger partial charge in [0.25, 0.3) is 0 Å². The maximum atomic E-state index is 2.56. The van der Waals surface area contributed by atoms with Gasteiger partial charge in [-0.3, -0.25) is 0 Å². The van der Waals surface area contributed by atoms with Gasteiger partial charge in [0.05, 0.1) is 16.8 Å². The van der Waals surface area contributed by atoms with Crippen LogP contribution in [0.15, 0.2) is 212 Å². The fraction of sp³-hybridized carbons (Fsp3) is 0.0175. The van der Waals surface area contributed by atoms with Crippen molar-refractivity contribution in [3.05, 3.63) is 235 Å². The zero-order chi connectivity index (χ0) is 38.7. The number of thiophene rings is 1. The van der Waals surface area contributed by atoms with Crippen molar-refractivity contribution in [3.63, 3.8) is 0 Å². The quantitative estimate of drug-likeness (QED) is 0.161. The van der Waals surface area contributed by atoms with Crippen LogP contribution < -0.4 is 4.90 Å². The lowest BCUT2D eigenvalue weighted by Gasteiger charge is -2.32. The summed E-state index contributed by atoms with van der Waals surface area (Å²) in [4.78, 5) is 2.56. The fourth-order valence-corrected chi connectivity index (χ4v) is 11.9. The molecule has 2 aliphatic carbocycles. The molecular formula is C57H35NS. The van der Waals surface area contributed by atoms with Crippen LogP contribution >= 0.6 is 11.3 Å². The van der Waals surface area contributed by atoms with E-state index in [0.29, 0.717) is 0 Å². The number of fused-ring (bicyclic) bond motifs is 16. The Labute approximate surface area is 346 Å². The highest BCUT2D eigenvalue weighted by Crippen LogP contribution is 2.63.